The third-order valence-corrected chi connectivity index (χ3v) is 2.02. The van der Waals surface area contributed by atoms with Crippen molar-refractivity contribution in [1.29, 1.82) is 0 Å². The topological polar surface area (TPSA) is 29.5 Å². The Morgan fingerprint density at radius 2 is 2.33 bits per heavy atom. The highest BCUT2D eigenvalue weighted by Crippen LogP contribution is 2.26. The van der Waals surface area contributed by atoms with Crippen molar-refractivity contribution in [2.45, 2.75) is 6.92 Å². The molecule has 0 saturated heterocycles. The van der Waals surface area contributed by atoms with Crippen molar-refractivity contribution in [2.24, 2.45) is 0 Å². The van der Waals surface area contributed by atoms with E-state index >= 15 is 0 Å². The van der Waals surface area contributed by atoms with Crippen molar-refractivity contribution in [1.82, 2.24) is 0 Å². The molecule has 0 spiro atoms. The number of ether oxygens (including phenoxy) is 1. The second-order valence-corrected chi connectivity index (χ2v) is 3.11. The minimum Gasteiger partial charge on any atom is -0.493 e. The van der Waals surface area contributed by atoms with Gasteiger partial charge in [0.05, 0.1) is 11.1 Å². The summed E-state index contributed by atoms with van der Waals surface area (Å²) in [6, 6.07) is 5.40. The second kappa shape index (κ2) is 4.48. The number of aliphatic hydroxyl groups excluding tert-OH is 1. The van der Waals surface area contributed by atoms with Crippen LogP contribution in [0.3, 0.4) is 0 Å². The Bertz CT molecular complexity index is 261. The molecule has 3 heteroatoms. The summed E-state index contributed by atoms with van der Waals surface area (Å²) < 4.78 is 6.15. The Balaban J connectivity index is 2.87. The van der Waals surface area contributed by atoms with E-state index in [1.54, 1.807) is 12.1 Å². The first kappa shape index (κ1) is 9.55. The summed E-state index contributed by atoms with van der Waals surface area (Å²) in [7, 11) is 0. The average molecular weight is 230 g/mol. The molecule has 0 aliphatic rings. The van der Waals surface area contributed by atoms with Crippen LogP contribution in [0.1, 0.15) is 12.5 Å². The Hall–Kier alpha value is -0.540. The average Bonchev–Trinajstić information content (AvgIpc) is 2.09. The molecule has 2 nitrogen and oxygen atoms in total. The van der Waals surface area contributed by atoms with Gasteiger partial charge < -0.3 is 9.84 Å². The molecule has 0 aliphatic carbocycles. The van der Waals surface area contributed by atoms with Crippen molar-refractivity contribution >= 4 is 15.9 Å². The monoisotopic (exact) mass is 229 g/mol. The van der Waals surface area contributed by atoms with Gasteiger partial charge in [0.25, 0.3) is 0 Å². The number of aliphatic hydroxyl groups is 1. The zero-order valence-electron chi connectivity index (χ0n) is 6.75. The lowest BCUT2D eigenvalue weighted by Gasteiger charge is -2.05. The van der Waals surface area contributed by atoms with Crippen molar-refractivity contribution in [3.05, 3.63) is 34.8 Å². The van der Waals surface area contributed by atoms with Gasteiger partial charge in [-0.05, 0) is 40.5 Å². The quantitative estimate of drug-likeness (QED) is 0.864. The Kier molecular flexibility index (Phi) is 3.56. The molecule has 0 aromatic heterocycles. The summed E-state index contributed by atoms with van der Waals surface area (Å²) in [5.41, 5.74) is 0.755. The number of hydrogen-bond donors (Lipinski definition) is 1. The number of rotatable bonds is 3. The molecule has 0 unspecified atom stereocenters. The first-order valence-electron chi connectivity index (χ1n) is 3.67. The summed E-state index contributed by atoms with van der Waals surface area (Å²) in [4.78, 5) is 0. The van der Waals surface area contributed by atoms with Gasteiger partial charge in [-0.25, -0.2) is 0 Å². The van der Waals surface area contributed by atoms with E-state index in [9.17, 15) is 0 Å². The number of benzene rings is 1. The SMILES string of the molecule is CCOc1ccc([CH]O)cc1Br. The first-order chi connectivity index (χ1) is 5.77. The van der Waals surface area contributed by atoms with Crippen LogP contribution in [0.15, 0.2) is 22.7 Å². The summed E-state index contributed by atoms with van der Waals surface area (Å²) in [5.74, 6) is 0.795. The van der Waals surface area contributed by atoms with Gasteiger partial charge in [-0.3, -0.25) is 0 Å². The summed E-state index contributed by atoms with van der Waals surface area (Å²) in [5, 5.41) is 8.70. The molecular formula is C9H10BrO2. The standard InChI is InChI=1S/C9H10BrO2/c1-2-12-9-4-3-7(6-11)5-8(9)10/h3-6,11H,2H2,1H3. The van der Waals surface area contributed by atoms with E-state index in [0.29, 0.717) is 6.61 Å². The Labute approximate surface area is 80.3 Å². The van der Waals surface area contributed by atoms with Gasteiger partial charge in [-0.2, -0.15) is 0 Å². The van der Waals surface area contributed by atoms with Crippen LogP contribution in [0, 0.1) is 6.61 Å². The molecule has 1 rings (SSSR count). The fraction of sp³-hybridized carbons (Fsp3) is 0.222. The molecule has 0 fully saturated rings. The van der Waals surface area contributed by atoms with Crippen LogP contribution in [0.2, 0.25) is 0 Å². The molecule has 1 N–H and O–H groups in total. The van der Waals surface area contributed by atoms with Gasteiger partial charge in [0, 0.05) is 0 Å². The van der Waals surface area contributed by atoms with E-state index in [-0.39, 0.29) is 0 Å². The van der Waals surface area contributed by atoms with Crippen LogP contribution >= 0.6 is 15.9 Å². The predicted molar refractivity (Wildman–Crippen MR) is 50.6 cm³/mol. The van der Waals surface area contributed by atoms with Gasteiger partial charge in [0.2, 0.25) is 0 Å². The van der Waals surface area contributed by atoms with Crippen LogP contribution in [0.25, 0.3) is 0 Å². The lowest BCUT2D eigenvalue weighted by Crippen LogP contribution is -1.92. The Morgan fingerprint density at radius 3 is 2.83 bits per heavy atom. The third-order valence-electron chi connectivity index (χ3n) is 1.40. The molecule has 1 radical (unpaired) electrons. The summed E-state index contributed by atoms with van der Waals surface area (Å²) in [6.07, 6.45) is 0. The minimum absolute atomic E-state index is 0.640. The van der Waals surface area contributed by atoms with E-state index in [2.05, 4.69) is 15.9 Å². The van der Waals surface area contributed by atoms with Crippen molar-refractivity contribution in [2.75, 3.05) is 6.61 Å². The lowest BCUT2D eigenvalue weighted by molar-refractivity contribution is 0.338. The molecule has 1 aromatic carbocycles. The molecule has 0 amide bonds. The summed E-state index contributed by atoms with van der Waals surface area (Å²) in [6.45, 7) is 3.62. The highest BCUT2D eigenvalue weighted by atomic mass is 79.9. The van der Waals surface area contributed by atoms with E-state index in [0.717, 1.165) is 22.4 Å². The van der Waals surface area contributed by atoms with Crippen molar-refractivity contribution in [3.63, 3.8) is 0 Å². The molecule has 0 bridgehead atoms. The third kappa shape index (κ3) is 2.22. The second-order valence-electron chi connectivity index (χ2n) is 2.25. The predicted octanol–water partition coefficient (Wildman–Crippen LogP) is 2.73. The minimum atomic E-state index is 0.640. The van der Waals surface area contributed by atoms with Crippen LogP contribution < -0.4 is 4.74 Å². The molecule has 1 aromatic rings. The molecule has 65 valence electrons. The van der Waals surface area contributed by atoms with Crippen LogP contribution in [-0.4, -0.2) is 11.7 Å². The van der Waals surface area contributed by atoms with E-state index < -0.39 is 0 Å². The normalized spacial score (nSPS) is 9.92. The van der Waals surface area contributed by atoms with E-state index in [1.807, 2.05) is 13.0 Å². The molecule has 0 aliphatic heterocycles. The van der Waals surface area contributed by atoms with Gasteiger partial charge >= 0.3 is 0 Å². The lowest BCUT2D eigenvalue weighted by atomic mass is 10.2. The molecule has 12 heavy (non-hydrogen) atoms. The smallest absolute Gasteiger partial charge is 0.133 e. The maximum absolute atomic E-state index is 8.70. The maximum Gasteiger partial charge on any atom is 0.133 e. The number of hydrogen-bond acceptors (Lipinski definition) is 2. The summed E-state index contributed by atoms with van der Waals surface area (Å²) >= 11 is 3.33. The van der Waals surface area contributed by atoms with Crippen molar-refractivity contribution < 1.29 is 9.84 Å². The van der Waals surface area contributed by atoms with Gasteiger partial charge in [0.1, 0.15) is 12.4 Å². The number of halogens is 1. The highest BCUT2D eigenvalue weighted by Gasteiger charge is 2.00. The first-order valence-corrected chi connectivity index (χ1v) is 4.47. The van der Waals surface area contributed by atoms with Crippen molar-refractivity contribution in [3.8, 4) is 5.75 Å². The van der Waals surface area contributed by atoms with E-state index in [1.165, 1.54) is 0 Å². The molecule has 0 saturated carbocycles. The zero-order valence-corrected chi connectivity index (χ0v) is 8.34. The van der Waals surface area contributed by atoms with Gasteiger partial charge in [0.15, 0.2) is 0 Å². The fourth-order valence-electron chi connectivity index (χ4n) is 0.870. The largest absolute Gasteiger partial charge is 0.493 e. The highest BCUT2D eigenvalue weighted by molar-refractivity contribution is 9.10. The van der Waals surface area contributed by atoms with Crippen LogP contribution in [0.4, 0.5) is 0 Å². The van der Waals surface area contributed by atoms with Gasteiger partial charge in [-0.1, -0.05) is 6.07 Å². The molecular weight excluding hydrogens is 220 g/mol. The Morgan fingerprint density at radius 1 is 1.58 bits per heavy atom. The fourth-order valence-corrected chi connectivity index (χ4v) is 1.38. The van der Waals surface area contributed by atoms with E-state index in [4.69, 9.17) is 9.84 Å². The van der Waals surface area contributed by atoms with Crippen LogP contribution in [0.5, 0.6) is 5.75 Å². The maximum atomic E-state index is 8.70. The molecule has 0 heterocycles. The molecule has 0 atom stereocenters. The van der Waals surface area contributed by atoms with Crippen LogP contribution in [-0.2, 0) is 0 Å². The zero-order chi connectivity index (χ0) is 8.97. The van der Waals surface area contributed by atoms with Gasteiger partial charge in [-0.15, -0.1) is 0 Å².